The van der Waals surface area contributed by atoms with E-state index in [2.05, 4.69) is 31.4 Å². The van der Waals surface area contributed by atoms with Crippen LogP contribution in [0.15, 0.2) is 52.2 Å². The van der Waals surface area contributed by atoms with Crippen LogP contribution in [0.1, 0.15) is 16.1 Å². The van der Waals surface area contributed by atoms with Crippen molar-refractivity contribution in [1.82, 2.24) is 10.4 Å². The molecular formula is C15H14BrN3O2. The summed E-state index contributed by atoms with van der Waals surface area (Å²) < 4.78 is 6.04. The summed E-state index contributed by atoms with van der Waals surface area (Å²) in [6.45, 7) is 0. The molecule has 5 nitrogen and oxygen atoms in total. The number of benzene rings is 1. The van der Waals surface area contributed by atoms with Gasteiger partial charge in [0.25, 0.3) is 5.91 Å². The Kier molecular flexibility index (Phi) is 5.34. The number of carbonyl (C=O) groups is 1. The van der Waals surface area contributed by atoms with Crippen LogP contribution in [-0.4, -0.2) is 24.2 Å². The highest BCUT2D eigenvalue weighted by Crippen LogP contribution is 2.18. The first-order chi connectivity index (χ1) is 10.2. The number of rotatable bonds is 5. The number of aromatic amines is 1. The molecule has 1 aromatic carbocycles. The van der Waals surface area contributed by atoms with E-state index in [0.717, 1.165) is 15.8 Å². The summed E-state index contributed by atoms with van der Waals surface area (Å²) in [4.78, 5) is 14.5. The number of para-hydroxylation sites is 1. The summed E-state index contributed by atoms with van der Waals surface area (Å²) in [5, 5.41) is 3.84. The normalized spacial score (nSPS) is 11.1. The van der Waals surface area contributed by atoms with E-state index in [1.54, 1.807) is 25.4 Å². The van der Waals surface area contributed by atoms with Crippen molar-refractivity contribution in [3.05, 3.63) is 58.3 Å². The second kappa shape index (κ2) is 7.44. The number of aromatic nitrogens is 1. The van der Waals surface area contributed by atoms with Crippen molar-refractivity contribution in [3.8, 4) is 5.75 Å². The summed E-state index contributed by atoms with van der Waals surface area (Å²) in [5.41, 5.74) is 3.80. The number of halogens is 1. The van der Waals surface area contributed by atoms with E-state index in [1.165, 1.54) is 6.21 Å². The maximum absolute atomic E-state index is 11.7. The minimum Gasteiger partial charge on any atom is -0.496 e. The van der Waals surface area contributed by atoms with Crippen LogP contribution in [0.25, 0.3) is 6.08 Å². The summed E-state index contributed by atoms with van der Waals surface area (Å²) in [6, 6.07) is 9.30. The molecule has 1 amide bonds. The Labute approximate surface area is 130 Å². The second-order valence-corrected chi connectivity index (χ2v) is 4.97. The number of amides is 1. The maximum atomic E-state index is 11.7. The fourth-order valence-corrected chi connectivity index (χ4v) is 1.99. The number of allylic oxidation sites excluding steroid dienone is 1. The first kappa shape index (κ1) is 15.1. The Morgan fingerprint density at radius 2 is 2.24 bits per heavy atom. The Bertz CT molecular complexity index is 677. The van der Waals surface area contributed by atoms with E-state index in [0.29, 0.717) is 5.69 Å². The fraction of sp³-hybridized carbons (Fsp3) is 0.0667. The lowest BCUT2D eigenvalue weighted by atomic mass is 10.2. The van der Waals surface area contributed by atoms with Gasteiger partial charge >= 0.3 is 0 Å². The third-order valence-corrected chi connectivity index (χ3v) is 3.09. The highest BCUT2D eigenvalue weighted by molar-refractivity contribution is 9.10. The van der Waals surface area contributed by atoms with Gasteiger partial charge in [0.05, 0.1) is 7.11 Å². The van der Waals surface area contributed by atoms with Gasteiger partial charge in [-0.05, 0) is 40.2 Å². The van der Waals surface area contributed by atoms with E-state index < -0.39 is 0 Å². The average molecular weight is 348 g/mol. The topological polar surface area (TPSA) is 66.5 Å². The monoisotopic (exact) mass is 347 g/mol. The Balaban J connectivity index is 1.90. The number of methoxy groups -OCH3 is 1. The van der Waals surface area contributed by atoms with Crippen LogP contribution in [0.3, 0.4) is 0 Å². The molecule has 0 unspecified atom stereocenters. The molecule has 0 atom stereocenters. The van der Waals surface area contributed by atoms with Crippen molar-refractivity contribution >= 4 is 34.1 Å². The van der Waals surface area contributed by atoms with Crippen LogP contribution in [-0.2, 0) is 0 Å². The van der Waals surface area contributed by atoms with E-state index in [9.17, 15) is 4.79 Å². The molecule has 108 valence electrons. The van der Waals surface area contributed by atoms with E-state index >= 15 is 0 Å². The van der Waals surface area contributed by atoms with Crippen LogP contribution in [0.4, 0.5) is 0 Å². The summed E-state index contributed by atoms with van der Waals surface area (Å²) in [6.07, 6.45) is 6.75. The number of hydrazone groups is 1. The highest BCUT2D eigenvalue weighted by atomic mass is 79.9. The molecule has 0 radical (unpaired) electrons. The predicted octanol–water partition coefficient (Wildman–Crippen LogP) is 3.21. The van der Waals surface area contributed by atoms with Gasteiger partial charge in [0.2, 0.25) is 0 Å². The molecule has 0 saturated carbocycles. The molecule has 0 aliphatic rings. The molecule has 0 fully saturated rings. The molecule has 0 bridgehead atoms. The van der Waals surface area contributed by atoms with Crippen LogP contribution in [0, 0.1) is 0 Å². The Hall–Kier alpha value is -2.34. The lowest BCUT2D eigenvalue weighted by molar-refractivity contribution is 0.0951. The average Bonchev–Trinajstić information content (AvgIpc) is 2.94. The molecule has 0 saturated heterocycles. The number of carbonyl (C=O) groups excluding carboxylic acids is 1. The predicted molar refractivity (Wildman–Crippen MR) is 86.5 cm³/mol. The summed E-state index contributed by atoms with van der Waals surface area (Å²) in [5.74, 6) is 0.477. The minimum absolute atomic E-state index is 0.303. The zero-order valence-electron chi connectivity index (χ0n) is 11.3. The largest absolute Gasteiger partial charge is 0.496 e. The van der Waals surface area contributed by atoms with Crippen LogP contribution in [0.5, 0.6) is 5.75 Å². The SMILES string of the molecule is COc1ccccc1/C=C/C=N\NC(=O)c1cc(Br)c[nH]1. The molecule has 2 aromatic rings. The van der Waals surface area contributed by atoms with Gasteiger partial charge in [0.1, 0.15) is 11.4 Å². The number of nitrogens with zero attached hydrogens (tertiary/aromatic N) is 1. The van der Waals surface area contributed by atoms with Crippen LogP contribution in [0.2, 0.25) is 0 Å². The number of nitrogens with one attached hydrogen (secondary N) is 2. The van der Waals surface area contributed by atoms with Crippen LogP contribution >= 0.6 is 15.9 Å². The smallest absolute Gasteiger partial charge is 0.287 e. The zero-order valence-corrected chi connectivity index (χ0v) is 12.9. The standard InChI is InChI=1S/C15H14BrN3O2/c1-21-14-7-3-2-5-11(14)6-4-8-18-19-15(20)13-9-12(16)10-17-13/h2-10,17H,1H3,(H,19,20)/b6-4+,18-8-. The second-order valence-electron chi connectivity index (χ2n) is 4.05. The van der Waals surface area contributed by atoms with Gasteiger partial charge in [-0.15, -0.1) is 0 Å². The minimum atomic E-state index is -0.303. The van der Waals surface area contributed by atoms with Gasteiger partial charge in [0.15, 0.2) is 0 Å². The fourth-order valence-electron chi connectivity index (χ4n) is 1.65. The molecule has 6 heteroatoms. The van der Waals surface area contributed by atoms with Crippen molar-refractivity contribution in [2.75, 3.05) is 7.11 Å². The van der Waals surface area contributed by atoms with Crippen molar-refractivity contribution in [2.24, 2.45) is 5.10 Å². The number of hydrogen-bond donors (Lipinski definition) is 2. The third-order valence-electron chi connectivity index (χ3n) is 2.63. The van der Waals surface area contributed by atoms with Gasteiger partial charge < -0.3 is 9.72 Å². The van der Waals surface area contributed by atoms with E-state index in [4.69, 9.17) is 4.74 Å². The Morgan fingerprint density at radius 1 is 1.43 bits per heavy atom. The molecule has 2 rings (SSSR count). The van der Waals surface area contributed by atoms with Gasteiger partial charge in [-0.1, -0.05) is 18.2 Å². The molecular weight excluding hydrogens is 334 g/mol. The first-order valence-corrected chi connectivity index (χ1v) is 6.97. The zero-order chi connectivity index (χ0) is 15.1. The number of ether oxygens (including phenoxy) is 1. The number of H-pyrrole nitrogens is 1. The van der Waals surface area contributed by atoms with Crippen molar-refractivity contribution < 1.29 is 9.53 Å². The first-order valence-electron chi connectivity index (χ1n) is 6.17. The summed E-state index contributed by atoms with van der Waals surface area (Å²) >= 11 is 3.26. The van der Waals surface area contributed by atoms with E-state index in [-0.39, 0.29) is 5.91 Å². The molecule has 21 heavy (non-hydrogen) atoms. The molecule has 1 heterocycles. The van der Waals surface area contributed by atoms with Crippen molar-refractivity contribution in [1.29, 1.82) is 0 Å². The van der Waals surface area contributed by atoms with Crippen LogP contribution < -0.4 is 10.2 Å². The molecule has 2 N–H and O–H groups in total. The summed E-state index contributed by atoms with van der Waals surface area (Å²) in [7, 11) is 1.62. The number of hydrogen-bond acceptors (Lipinski definition) is 3. The molecule has 1 aromatic heterocycles. The van der Waals surface area contributed by atoms with Gasteiger partial charge in [0, 0.05) is 22.4 Å². The van der Waals surface area contributed by atoms with Crippen molar-refractivity contribution in [2.45, 2.75) is 0 Å². The van der Waals surface area contributed by atoms with E-state index in [1.807, 2.05) is 30.3 Å². The molecule has 0 aliphatic heterocycles. The van der Waals surface area contributed by atoms with Gasteiger partial charge in [-0.2, -0.15) is 5.10 Å². The Morgan fingerprint density at radius 3 is 2.95 bits per heavy atom. The lowest BCUT2D eigenvalue weighted by Gasteiger charge is -2.02. The maximum Gasteiger partial charge on any atom is 0.287 e. The quantitative estimate of drug-likeness (QED) is 0.644. The molecule has 0 aliphatic carbocycles. The van der Waals surface area contributed by atoms with Crippen molar-refractivity contribution in [3.63, 3.8) is 0 Å². The lowest BCUT2D eigenvalue weighted by Crippen LogP contribution is -2.17. The highest BCUT2D eigenvalue weighted by Gasteiger charge is 2.05. The van der Waals surface area contributed by atoms with Gasteiger partial charge in [-0.3, -0.25) is 4.79 Å². The third kappa shape index (κ3) is 4.32. The molecule has 0 spiro atoms. The van der Waals surface area contributed by atoms with Gasteiger partial charge in [-0.25, -0.2) is 5.43 Å².